The first-order valence-electron chi connectivity index (χ1n) is 8.14. The molecule has 0 aromatic carbocycles. The van der Waals surface area contributed by atoms with Gasteiger partial charge < -0.3 is 0 Å². The molecule has 0 nitrogen and oxygen atoms in total. The molecule has 0 amide bonds. The summed E-state index contributed by atoms with van der Waals surface area (Å²) in [5.41, 5.74) is 0.362. The lowest BCUT2D eigenvalue weighted by molar-refractivity contribution is 0.228. The van der Waals surface area contributed by atoms with Crippen molar-refractivity contribution < 1.29 is 0 Å². The molecule has 0 N–H and O–H groups in total. The fourth-order valence-corrected chi connectivity index (χ4v) is 3.12. The number of halogens is 1. The maximum Gasteiger partial charge on any atom is 0.0389 e. The van der Waals surface area contributed by atoms with Crippen LogP contribution in [0.15, 0.2) is 0 Å². The minimum absolute atomic E-state index is 0.362. The molecule has 0 aromatic heterocycles. The Labute approximate surface area is 121 Å². The molecule has 0 spiro atoms. The van der Waals surface area contributed by atoms with Gasteiger partial charge in [-0.05, 0) is 30.6 Å². The zero-order valence-electron chi connectivity index (χ0n) is 13.4. The van der Waals surface area contributed by atoms with Crippen LogP contribution < -0.4 is 0 Å². The summed E-state index contributed by atoms with van der Waals surface area (Å²) in [6.45, 7) is 11.6. The molecule has 0 aliphatic rings. The number of alkyl halides is 1. The summed E-state index contributed by atoms with van der Waals surface area (Å²) < 4.78 is 0. The van der Waals surface area contributed by atoms with Gasteiger partial charge in [0.15, 0.2) is 0 Å². The van der Waals surface area contributed by atoms with Gasteiger partial charge in [0, 0.05) is 5.38 Å². The summed E-state index contributed by atoms with van der Waals surface area (Å²) in [7, 11) is 0. The third kappa shape index (κ3) is 7.02. The highest BCUT2D eigenvalue weighted by molar-refractivity contribution is 6.21. The van der Waals surface area contributed by atoms with Crippen LogP contribution in [0.2, 0.25) is 0 Å². The predicted molar refractivity (Wildman–Crippen MR) is 85.5 cm³/mol. The molecule has 1 heteroatoms. The molecule has 0 saturated heterocycles. The third-order valence-electron chi connectivity index (χ3n) is 4.54. The van der Waals surface area contributed by atoms with Gasteiger partial charge in [0.05, 0.1) is 0 Å². The summed E-state index contributed by atoms with van der Waals surface area (Å²) in [4.78, 5) is 0. The maximum absolute atomic E-state index is 6.67. The largest absolute Gasteiger partial charge is 0.122 e. The first-order valence-corrected chi connectivity index (χ1v) is 8.57. The molecular weight excluding hydrogens is 240 g/mol. The lowest BCUT2D eigenvalue weighted by Gasteiger charge is -2.35. The minimum Gasteiger partial charge on any atom is -0.122 e. The van der Waals surface area contributed by atoms with Gasteiger partial charge in [0.2, 0.25) is 0 Å². The highest BCUT2D eigenvalue weighted by Gasteiger charge is 2.31. The van der Waals surface area contributed by atoms with E-state index in [1.165, 1.54) is 57.8 Å². The zero-order valence-corrected chi connectivity index (χ0v) is 14.2. The Balaban J connectivity index is 4.27. The maximum atomic E-state index is 6.67. The number of unbranched alkanes of at least 4 members (excludes halogenated alkanes) is 1. The second kappa shape index (κ2) is 10.1. The van der Waals surface area contributed by atoms with Crippen LogP contribution in [0.3, 0.4) is 0 Å². The second-order valence-electron chi connectivity index (χ2n) is 6.42. The van der Waals surface area contributed by atoms with Gasteiger partial charge in [-0.15, -0.1) is 11.6 Å². The van der Waals surface area contributed by atoms with E-state index in [9.17, 15) is 0 Å². The Morgan fingerprint density at radius 3 is 2.06 bits per heavy atom. The van der Waals surface area contributed by atoms with E-state index in [1.54, 1.807) is 0 Å². The summed E-state index contributed by atoms with van der Waals surface area (Å²) in [6.07, 6.45) is 11.6. The molecule has 110 valence electrons. The number of rotatable bonds is 11. The smallest absolute Gasteiger partial charge is 0.0389 e. The van der Waals surface area contributed by atoms with Gasteiger partial charge in [0.25, 0.3) is 0 Å². The number of hydrogen-bond donors (Lipinski definition) is 0. The molecule has 0 bridgehead atoms. The van der Waals surface area contributed by atoms with Crippen molar-refractivity contribution in [2.24, 2.45) is 11.3 Å². The van der Waals surface area contributed by atoms with Crippen LogP contribution in [-0.2, 0) is 0 Å². The summed E-state index contributed by atoms with van der Waals surface area (Å²) in [5, 5.41) is 0.367. The quantitative estimate of drug-likeness (QED) is 0.363. The normalized spacial score (nSPS) is 18.3. The summed E-state index contributed by atoms with van der Waals surface area (Å²) >= 11 is 6.67. The van der Waals surface area contributed by atoms with Crippen molar-refractivity contribution in [2.45, 2.75) is 97.8 Å². The van der Waals surface area contributed by atoms with Crippen molar-refractivity contribution in [1.29, 1.82) is 0 Å². The predicted octanol–water partition coefficient (Wildman–Crippen LogP) is 6.81. The van der Waals surface area contributed by atoms with Crippen molar-refractivity contribution in [3.63, 3.8) is 0 Å². The average Bonchev–Trinajstić information content (AvgIpc) is 2.36. The van der Waals surface area contributed by atoms with E-state index in [-0.39, 0.29) is 0 Å². The van der Waals surface area contributed by atoms with E-state index < -0.39 is 0 Å². The van der Waals surface area contributed by atoms with E-state index in [2.05, 4.69) is 34.6 Å². The molecule has 0 heterocycles. The molecule has 0 aromatic rings. The van der Waals surface area contributed by atoms with Crippen LogP contribution in [0.5, 0.6) is 0 Å². The van der Waals surface area contributed by atoms with Crippen LogP contribution in [0.4, 0.5) is 0 Å². The van der Waals surface area contributed by atoms with E-state index in [1.807, 2.05) is 0 Å². The van der Waals surface area contributed by atoms with Gasteiger partial charge in [-0.25, -0.2) is 0 Å². The van der Waals surface area contributed by atoms with Crippen molar-refractivity contribution in [2.75, 3.05) is 0 Å². The Kier molecular flexibility index (Phi) is 10.3. The van der Waals surface area contributed by atoms with Gasteiger partial charge in [-0.1, -0.05) is 73.1 Å². The highest BCUT2D eigenvalue weighted by Crippen LogP contribution is 2.39. The average molecular weight is 275 g/mol. The fourth-order valence-electron chi connectivity index (χ4n) is 2.68. The van der Waals surface area contributed by atoms with Gasteiger partial charge in [0.1, 0.15) is 0 Å². The van der Waals surface area contributed by atoms with Crippen molar-refractivity contribution in [3.8, 4) is 0 Å². The van der Waals surface area contributed by atoms with E-state index >= 15 is 0 Å². The molecule has 3 atom stereocenters. The Hall–Kier alpha value is 0.290. The van der Waals surface area contributed by atoms with Crippen molar-refractivity contribution in [1.82, 2.24) is 0 Å². The molecule has 0 saturated carbocycles. The summed E-state index contributed by atoms with van der Waals surface area (Å²) in [6, 6.07) is 0. The fraction of sp³-hybridized carbons (Fsp3) is 1.00. The van der Waals surface area contributed by atoms with Crippen LogP contribution in [-0.4, -0.2) is 5.38 Å². The molecule has 18 heavy (non-hydrogen) atoms. The lowest BCUT2D eigenvalue weighted by Crippen LogP contribution is -2.28. The topological polar surface area (TPSA) is 0 Å². The molecule has 0 aliphatic heterocycles. The zero-order chi connectivity index (χ0) is 14.0. The molecule has 0 radical (unpaired) electrons. The SMILES string of the molecule is CCCCC(C)(CCCC(C)CC)C(Cl)CCC. The van der Waals surface area contributed by atoms with Crippen molar-refractivity contribution in [3.05, 3.63) is 0 Å². The van der Waals surface area contributed by atoms with E-state index in [4.69, 9.17) is 11.6 Å². The Bertz CT molecular complexity index is 190. The van der Waals surface area contributed by atoms with Gasteiger partial charge >= 0.3 is 0 Å². The molecule has 0 rings (SSSR count). The van der Waals surface area contributed by atoms with Crippen LogP contribution in [0.1, 0.15) is 92.4 Å². The standard InChI is InChI=1S/C17H35Cl/c1-6-9-13-17(5,16(18)11-7-2)14-10-12-15(4)8-3/h15-16H,6-14H2,1-5H3. The van der Waals surface area contributed by atoms with Crippen LogP contribution in [0, 0.1) is 11.3 Å². The summed E-state index contributed by atoms with van der Waals surface area (Å²) in [5.74, 6) is 0.875. The third-order valence-corrected chi connectivity index (χ3v) is 5.29. The van der Waals surface area contributed by atoms with E-state index in [0.29, 0.717) is 10.8 Å². The van der Waals surface area contributed by atoms with Crippen LogP contribution >= 0.6 is 11.6 Å². The first kappa shape index (κ1) is 18.3. The second-order valence-corrected chi connectivity index (χ2v) is 6.95. The Morgan fingerprint density at radius 2 is 1.56 bits per heavy atom. The minimum atomic E-state index is 0.362. The number of hydrogen-bond acceptors (Lipinski definition) is 0. The van der Waals surface area contributed by atoms with Crippen LogP contribution in [0.25, 0.3) is 0 Å². The van der Waals surface area contributed by atoms with Crippen molar-refractivity contribution >= 4 is 11.6 Å². The lowest BCUT2D eigenvalue weighted by atomic mass is 9.75. The van der Waals surface area contributed by atoms with Gasteiger partial charge in [-0.3, -0.25) is 0 Å². The van der Waals surface area contributed by atoms with Gasteiger partial charge in [-0.2, -0.15) is 0 Å². The first-order chi connectivity index (χ1) is 8.50. The molecule has 3 unspecified atom stereocenters. The highest BCUT2D eigenvalue weighted by atomic mass is 35.5. The molecule has 0 fully saturated rings. The monoisotopic (exact) mass is 274 g/mol. The van der Waals surface area contributed by atoms with E-state index in [0.717, 1.165) is 5.92 Å². The molecular formula is C17H35Cl. The molecule has 0 aliphatic carbocycles. The Morgan fingerprint density at radius 1 is 0.944 bits per heavy atom.